The van der Waals surface area contributed by atoms with Gasteiger partial charge in [-0.05, 0) is 44.4 Å². The van der Waals surface area contributed by atoms with E-state index in [0.717, 1.165) is 17.4 Å². The molecule has 0 radical (unpaired) electrons. The van der Waals surface area contributed by atoms with Crippen molar-refractivity contribution in [3.05, 3.63) is 65.0 Å². The van der Waals surface area contributed by atoms with Crippen molar-refractivity contribution >= 4 is 12.3 Å². The Balaban J connectivity index is 2.13. The van der Waals surface area contributed by atoms with Gasteiger partial charge in [0.15, 0.2) is 0 Å². The van der Waals surface area contributed by atoms with Crippen molar-refractivity contribution in [1.29, 1.82) is 0 Å². The van der Waals surface area contributed by atoms with Crippen molar-refractivity contribution in [3.8, 4) is 0 Å². The van der Waals surface area contributed by atoms with Crippen molar-refractivity contribution in [3.63, 3.8) is 0 Å². The van der Waals surface area contributed by atoms with Crippen LogP contribution in [0.3, 0.4) is 0 Å². The van der Waals surface area contributed by atoms with E-state index < -0.39 is 5.60 Å². The SMILES string of the molecule is CC(C)(C)OC(=O)c1cncc(Cc2ccc(C=O)cc2)c1. The predicted molar refractivity (Wildman–Crippen MR) is 84.0 cm³/mol. The van der Waals surface area contributed by atoms with Crippen LogP contribution in [0.15, 0.2) is 42.7 Å². The Morgan fingerprint density at radius 3 is 2.41 bits per heavy atom. The zero-order chi connectivity index (χ0) is 16.2. The number of carbonyl (C=O) groups is 2. The second-order valence-corrected chi connectivity index (χ2v) is 6.12. The van der Waals surface area contributed by atoms with Crippen LogP contribution in [-0.4, -0.2) is 22.8 Å². The second kappa shape index (κ2) is 6.52. The molecule has 0 N–H and O–H groups in total. The number of pyridine rings is 1. The molecule has 0 spiro atoms. The summed E-state index contributed by atoms with van der Waals surface area (Å²) in [4.78, 5) is 26.8. The summed E-state index contributed by atoms with van der Waals surface area (Å²) < 4.78 is 5.34. The topological polar surface area (TPSA) is 56.3 Å². The summed E-state index contributed by atoms with van der Waals surface area (Å²) >= 11 is 0. The molecule has 114 valence electrons. The molecule has 0 aliphatic heterocycles. The van der Waals surface area contributed by atoms with Crippen LogP contribution in [0, 0.1) is 0 Å². The zero-order valence-electron chi connectivity index (χ0n) is 13.0. The molecule has 0 atom stereocenters. The maximum Gasteiger partial charge on any atom is 0.340 e. The minimum absolute atomic E-state index is 0.377. The second-order valence-electron chi connectivity index (χ2n) is 6.12. The molecule has 0 saturated heterocycles. The summed E-state index contributed by atoms with van der Waals surface area (Å²) in [7, 11) is 0. The molecule has 4 heteroatoms. The molecule has 1 heterocycles. The van der Waals surface area contributed by atoms with E-state index in [9.17, 15) is 9.59 Å². The van der Waals surface area contributed by atoms with Crippen LogP contribution in [0.5, 0.6) is 0 Å². The lowest BCUT2D eigenvalue weighted by atomic mass is 10.0. The van der Waals surface area contributed by atoms with Gasteiger partial charge in [0.1, 0.15) is 11.9 Å². The Hall–Kier alpha value is -2.49. The lowest BCUT2D eigenvalue weighted by Gasteiger charge is -2.19. The molecule has 0 saturated carbocycles. The Kier molecular flexibility index (Phi) is 4.71. The number of esters is 1. The van der Waals surface area contributed by atoms with Crippen LogP contribution in [0.2, 0.25) is 0 Å². The quantitative estimate of drug-likeness (QED) is 0.641. The first kappa shape index (κ1) is 15.9. The minimum atomic E-state index is -0.530. The third kappa shape index (κ3) is 4.52. The van der Waals surface area contributed by atoms with Gasteiger partial charge < -0.3 is 4.74 Å². The molecule has 1 aromatic heterocycles. The number of hydrogen-bond acceptors (Lipinski definition) is 4. The first-order valence-corrected chi connectivity index (χ1v) is 7.09. The highest BCUT2D eigenvalue weighted by atomic mass is 16.6. The molecule has 0 aliphatic carbocycles. The van der Waals surface area contributed by atoms with Crippen LogP contribution in [0.25, 0.3) is 0 Å². The average Bonchev–Trinajstić information content (AvgIpc) is 2.46. The molecule has 2 rings (SSSR count). The van der Waals surface area contributed by atoms with Gasteiger partial charge in [0.2, 0.25) is 0 Å². The number of carbonyl (C=O) groups excluding carboxylic acids is 2. The van der Waals surface area contributed by atoms with Gasteiger partial charge in [-0.3, -0.25) is 9.78 Å². The van der Waals surface area contributed by atoms with E-state index in [1.807, 2.05) is 32.9 Å². The summed E-state index contributed by atoms with van der Waals surface area (Å²) in [6.07, 6.45) is 4.69. The van der Waals surface area contributed by atoms with Gasteiger partial charge in [0.25, 0.3) is 0 Å². The van der Waals surface area contributed by atoms with Crippen LogP contribution in [0.4, 0.5) is 0 Å². The Morgan fingerprint density at radius 2 is 1.82 bits per heavy atom. The zero-order valence-corrected chi connectivity index (χ0v) is 13.0. The van der Waals surface area contributed by atoms with E-state index in [0.29, 0.717) is 17.5 Å². The number of aldehydes is 1. The van der Waals surface area contributed by atoms with Crippen molar-refractivity contribution in [2.24, 2.45) is 0 Å². The summed E-state index contributed by atoms with van der Waals surface area (Å²) in [5.41, 5.74) is 2.52. The van der Waals surface area contributed by atoms with Crippen LogP contribution < -0.4 is 0 Å². The highest BCUT2D eigenvalue weighted by molar-refractivity contribution is 5.89. The number of ether oxygens (including phenoxy) is 1. The highest BCUT2D eigenvalue weighted by Gasteiger charge is 2.18. The molecule has 0 amide bonds. The Bertz CT molecular complexity index is 669. The first-order valence-electron chi connectivity index (χ1n) is 7.09. The molecule has 0 aliphatic rings. The van der Waals surface area contributed by atoms with E-state index >= 15 is 0 Å². The van der Waals surface area contributed by atoms with Crippen LogP contribution in [-0.2, 0) is 11.2 Å². The molecule has 4 nitrogen and oxygen atoms in total. The molecule has 0 bridgehead atoms. The van der Waals surface area contributed by atoms with Crippen molar-refractivity contribution in [1.82, 2.24) is 4.98 Å². The van der Waals surface area contributed by atoms with E-state index in [-0.39, 0.29) is 5.97 Å². The van der Waals surface area contributed by atoms with Crippen molar-refractivity contribution in [2.45, 2.75) is 32.8 Å². The maximum atomic E-state index is 12.0. The maximum absolute atomic E-state index is 12.0. The number of nitrogens with zero attached hydrogens (tertiary/aromatic N) is 1. The van der Waals surface area contributed by atoms with Gasteiger partial charge in [0.05, 0.1) is 5.56 Å². The smallest absolute Gasteiger partial charge is 0.340 e. The Morgan fingerprint density at radius 1 is 1.14 bits per heavy atom. The van der Waals surface area contributed by atoms with E-state index in [1.165, 1.54) is 6.20 Å². The van der Waals surface area contributed by atoms with Gasteiger partial charge in [0, 0.05) is 18.0 Å². The fraction of sp³-hybridized carbons (Fsp3) is 0.278. The summed E-state index contributed by atoms with van der Waals surface area (Å²) in [6, 6.07) is 9.11. The lowest BCUT2D eigenvalue weighted by molar-refractivity contribution is 0.00688. The average molecular weight is 297 g/mol. The molecule has 2 aromatic rings. The third-order valence-corrected chi connectivity index (χ3v) is 2.95. The molecule has 0 unspecified atom stereocenters. The largest absolute Gasteiger partial charge is 0.456 e. The predicted octanol–water partition coefficient (Wildman–Crippen LogP) is 3.44. The van der Waals surface area contributed by atoms with E-state index in [2.05, 4.69) is 4.98 Å². The van der Waals surface area contributed by atoms with Gasteiger partial charge >= 0.3 is 5.97 Å². The van der Waals surface area contributed by atoms with E-state index in [1.54, 1.807) is 24.4 Å². The fourth-order valence-electron chi connectivity index (χ4n) is 1.98. The number of benzene rings is 1. The fourth-order valence-corrected chi connectivity index (χ4v) is 1.98. The molecule has 22 heavy (non-hydrogen) atoms. The van der Waals surface area contributed by atoms with E-state index in [4.69, 9.17) is 4.74 Å². The molecular weight excluding hydrogens is 278 g/mol. The Labute approximate surface area is 130 Å². The van der Waals surface area contributed by atoms with Gasteiger partial charge in [-0.25, -0.2) is 4.79 Å². The van der Waals surface area contributed by atoms with Gasteiger partial charge in [-0.1, -0.05) is 24.3 Å². The molecule has 0 fully saturated rings. The summed E-state index contributed by atoms with van der Waals surface area (Å²) in [6.45, 7) is 5.49. The molecular formula is C18H19NO3. The minimum Gasteiger partial charge on any atom is -0.456 e. The number of hydrogen-bond donors (Lipinski definition) is 0. The van der Waals surface area contributed by atoms with Crippen LogP contribution >= 0.6 is 0 Å². The van der Waals surface area contributed by atoms with Gasteiger partial charge in [-0.2, -0.15) is 0 Å². The van der Waals surface area contributed by atoms with Crippen molar-refractivity contribution in [2.75, 3.05) is 0 Å². The summed E-state index contributed by atoms with van der Waals surface area (Å²) in [5.74, 6) is -0.377. The highest BCUT2D eigenvalue weighted by Crippen LogP contribution is 2.15. The third-order valence-electron chi connectivity index (χ3n) is 2.95. The monoisotopic (exact) mass is 297 g/mol. The summed E-state index contributed by atoms with van der Waals surface area (Å²) in [5, 5.41) is 0. The standard InChI is InChI=1S/C18H19NO3/c1-18(2,3)22-17(21)16-9-15(10-19-11-16)8-13-4-6-14(12-20)7-5-13/h4-7,9-12H,8H2,1-3H3. The van der Waals surface area contributed by atoms with Gasteiger partial charge in [-0.15, -0.1) is 0 Å². The number of rotatable bonds is 4. The van der Waals surface area contributed by atoms with Crippen molar-refractivity contribution < 1.29 is 14.3 Å². The lowest BCUT2D eigenvalue weighted by Crippen LogP contribution is -2.24. The molecule has 1 aromatic carbocycles. The van der Waals surface area contributed by atoms with Crippen LogP contribution in [0.1, 0.15) is 52.6 Å². The number of aromatic nitrogens is 1. The normalized spacial score (nSPS) is 11.0. The first-order chi connectivity index (χ1) is 10.4.